The van der Waals surface area contributed by atoms with E-state index in [9.17, 15) is 18.5 Å². The Bertz CT molecular complexity index is 1120. The number of nitro groups is 1. The molecular formula is C17H15N3O5S. The summed E-state index contributed by atoms with van der Waals surface area (Å²) in [5.41, 5.74) is 1.38. The molecule has 3 rings (SSSR count). The molecule has 0 aliphatic carbocycles. The van der Waals surface area contributed by atoms with Gasteiger partial charge in [0.15, 0.2) is 0 Å². The zero-order chi connectivity index (χ0) is 18.9. The van der Waals surface area contributed by atoms with Crippen LogP contribution in [0.5, 0.6) is 0 Å². The van der Waals surface area contributed by atoms with Gasteiger partial charge in [-0.2, -0.15) is 17.9 Å². The summed E-state index contributed by atoms with van der Waals surface area (Å²) in [7, 11) is -2.76. The first kappa shape index (κ1) is 17.6. The zero-order valence-electron chi connectivity index (χ0n) is 14.0. The second kappa shape index (κ2) is 6.60. The Hall–Kier alpha value is -3.20. The number of non-ortho nitro benzene ring substituents is 1. The maximum atomic E-state index is 12.7. The van der Waals surface area contributed by atoms with E-state index in [0.717, 1.165) is 15.9 Å². The lowest BCUT2D eigenvalue weighted by atomic mass is 10.2. The molecule has 0 saturated carbocycles. The fraction of sp³-hybridized carbons (Fsp3) is 0.118. The van der Waals surface area contributed by atoms with E-state index >= 15 is 0 Å². The third-order valence-electron chi connectivity index (χ3n) is 3.88. The zero-order valence-corrected chi connectivity index (χ0v) is 14.8. The van der Waals surface area contributed by atoms with E-state index in [-0.39, 0.29) is 10.6 Å². The monoisotopic (exact) mass is 373 g/mol. The van der Waals surface area contributed by atoms with Gasteiger partial charge in [0.05, 0.1) is 16.0 Å². The van der Waals surface area contributed by atoms with Crippen LogP contribution in [0, 0.1) is 17.0 Å². The number of hydrogen-bond donors (Lipinski definition) is 0. The van der Waals surface area contributed by atoms with Gasteiger partial charge in [-0.1, -0.05) is 24.3 Å². The second-order valence-corrected chi connectivity index (χ2v) is 7.50. The van der Waals surface area contributed by atoms with E-state index < -0.39 is 14.9 Å². The molecule has 9 heteroatoms. The second-order valence-electron chi connectivity index (χ2n) is 5.58. The van der Waals surface area contributed by atoms with Gasteiger partial charge < -0.3 is 4.42 Å². The predicted octanol–water partition coefficient (Wildman–Crippen LogP) is 3.30. The molecule has 0 aliphatic rings. The number of rotatable bonds is 5. The van der Waals surface area contributed by atoms with Gasteiger partial charge in [-0.05, 0) is 18.6 Å². The standard InChI is InChI=1S/C17H15N3O5S/c1-12-7-8-14(20(21)22)9-17(12)26(23,24)19(2)18-10-13-11-25-16-6-4-3-5-15(13)16/h3-11H,1-2H3/b18-10+. The molecule has 8 nitrogen and oxygen atoms in total. The van der Waals surface area contributed by atoms with Crippen molar-refractivity contribution >= 4 is 32.9 Å². The number of hydrogen-bond acceptors (Lipinski definition) is 6. The van der Waals surface area contributed by atoms with Crippen LogP contribution >= 0.6 is 0 Å². The van der Waals surface area contributed by atoms with Gasteiger partial charge in [-0.15, -0.1) is 0 Å². The third kappa shape index (κ3) is 3.16. The van der Waals surface area contributed by atoms with E-state index in [1.807, 2.05) is 18.2 Å². The summed E-state index contributed by atoms with van der Waals surface area (Å²) < 4.78 is 31.6. The molecule has 0 unspecified atom stereocenters. The molecule has 0 amide bonds. The summed E-state index contributed by atoms with van der Waals surface area (Å²) in [6.07, 6.45) is 2.85. The van der Waals surface area contributed by atoms with Crippen LogP contribution in [0.4, 0.5) is 5.69 Å². The number of para-hydroxylation sites is 1. The Morgan fingerprint density at radius 3 is 2.69 bits per heavy atom. The summed E-state index contributed by atoms with van der Waals surface area (Å²) >= 11 is 0. The van der Waals surface area contributed by atoms with Crippen molar-refractivity contribution in [1.29, 1.82) is 0 Å². The molecule has 0 aliphatic heterocycles. The summed E-state index contributed by atoms with van der Waals surface area (Å²) in [5, 5.41) is 15.7. The number of furan rings is 1. The fourth-order valence-corrected chi connectivity index (χ4v) is 3.63. The number of nitro benzene ring substituents is 1. The molecule has 0 bridgehead atoms. The van der Waals surface area contributed by atoms with E-state index in [1.165, 1.54) is 31.7 Å². The van der Waals surface area contributed by atoms with Gasteiger partial charge >= 0.3 is 0 Å². The van der Waals surface area contributed by atoms with E-state index in [4.69, 9.17) is 4.42 Å². The smallest absolute Gasteiger partial charge is 0.279 e. The van der Waals surface area contributed by atoms with Gasteiger partial charge in [0, 0.05) is 30.1 Å². The van der Waals surface area contributed by atoms with E-state index in [2.05, 4.69) is 5.10 Å². The Labute approximate surface area is 149 Å². The quantitative estimate of drug-likeness (QED) is 0.387. The van der Waals surface area contributed by atoms with Gasteiger partial charge in [-0.3, -0.25) is 10.1 Å². The average molecular weight is 373 g/mol. The SMILES string of the molecule is Cc1ccc([N+](=O)[O-])cc1S(=O)(=O)N(C)/N=C/c1coc2ccccc12. The number of hydrazone groups is 1. The molecule has 0 spiro atoms. The maximum Gasteiger partial charge on any atom is 0.279 e. The molecular weight excluding hydrogens is 358 g/mol. The summed E-state index contributed by atoms with van der Waals surface area (Å²) in [6.45, 7) is 1.57. The Balaban J connectivity index is 1.95. The first-order valence-corrected chi connectivity index (χ1v) is 8.99. The molecule has 0 atom stereocenters. The molecule has 3 aromatic rings. The predicted molar refractivity (Wildman–Crippen MR) is 96.6 cm³/mol. The Morgan fingerprint density at radius 2 is 1.96 bits per heavy atom. The molecule has 0 radical (unpaired) electrons. The van der Waals surface area contributed by atoms with Crippen molar-refractivity contribution in [3.63, 3.8) is 0 Å². The summed E-state index contributed by atoms with van der Waals surface area (Å²) in [6, 6.07) is 11.0. The van der Waals surface area contributed by atoms with Crippen LogP contribution in [0.2, 0.25) is 0 Å². The highest BCUT2D eigenvalue weighted by Gasteiger charge is 2.24. The maximum absolute atomic E-state index is 12.7. The van der Waals surface area contributed by atoms with Gasteiger partial charge in [0.1, 0.15) is 11.8 Å². The van der Waals surface area contributed by atoms with Crippen LogP contribution in [-0.2, 0) is 10.0 Å². The highest BCUT2D eigenvalue weighted by molar-refractivity contribution is 7.89. The van der Waals surface area contributed by atoms with Crippen molar-refractivity contribution in [2.75, 3.05) is 7.05 Å². The average Bonchev–Trinajstić information content (AvgIpc) is 3.02. The lowest BCUT2D eigenvalue weighted by Crippen LogP contribution is -2.22. The van der Waals surface area contributed by atoms with E-state index in [1.54, 1.807) is 13.0 Å². The lowest BCUT2D eigenvalue weighted by molar-refractivity contribution is -0.385. The topological polar surface area (TPSA) is 106 Å². The number of nitrogens with zero attached hydrogens (tertiary/aromatic N) is 3. The van der Waals surface area contributed by atoms with Crippen molar-refractivity contribution < 1.29 is 17.8 Å². The fourth-order valence-electron chi connectivity index (χ4n) is 2.43. The minimum atomic E-state index is -4.03. The highest BCUT2D eigenvalue weighted by atomic mass is 32.2. The first-order chi connectivity index (χ1) is 12.3. The Morgan fingerprint density at radius 1 is 1.23 bits per heavy atom. The van der Waals surface area contributed by atoms with Crippen molar-refractivity contribution in [2.24, 2.45) is 5.10 Å². The van der Waals surface area contributed by atoms with E-state index in [0.29, 0.717) is 16.7 Å². The molecule has 134 valence electrons. The first-order valence-electron chi connectivity index (χ1n) is 7.55. The van der Waals surface area contributed by atoms with Crippen molar-refractivity contribution in [3.05, 3.63) is 70.0 Å². The molecule has 0 fully saturated rings. The largest absolute Gasteiger partial charge is 0.464 e. The normalized spacial score (nSPS) is 11.9. The van der Waals surface area contributed by atoms with Gasteiger partial charge in [0.2, 0.25) is 0 Å². The minimum Gasteiger partial charge on any atom is -0.464 e. The number of aryl methyl sites for hydroxylation is 1. The third-order valence-corrected chi connectivity index (χ3v) is 5.66. The number of benzene rings is 2. The van der Waals surface area contributed by atoms with Crippen molar-refractivity contribution in [3.8, 4) is 0 Å². The van der Waals surface area contributed by atoms with Crippen LogP contribution in [0.15, 0.2) is 63.1 Å². The van der Waals surface area contributed by atoms with Gasteiger partial charge in [0.25, 0.3) is 15.7 Å². The van der Waals surface area contributed by atoms with Crippen molar-refractivity contribution in [2.45, 2.75) is 11.8 Å². The summed E-state index contributed by atoms with van der Waals surface area (Å²) in [4.78, 5) is 10.1. The molecule has 2 aromatic carbocycles. The van der Waals surface area contributed by atoms with Crippen LogP contribution in [0.3, 0.4) is 0 Å². The van der Waals surface area contributed by atoms with Crippen LogP contribution in [0.25, 0.3) is 11.0 Å². The number of sulfonamides is 1. The highest BCUT2D eigenvalue weighted by Crippen LogP contribution is 2.25. The van der Waals surface area contributed by atoms with Crippen LogP contribution in [0.1, 0.15) is 11.1 Å². The molecule has 0 N–H and O–H groups in total. The van der Waals surface area contributed by atoms with Crippen LogP contribution < -0.4 is 0 Å². The Kier molecular flexibility index (Phi) is 4.47. The molecule has 1 heterocycles. The molecule has 1 aromatic heterocycles. The molecule has 0 saturated heterocycles. The molecule has 26 heavy (non-hydrogen) atoms. The minimum absolute atomic E-state index is 0.164. The summed E-state index contributed by atoms with van der Waals surface area (Å²) in [5.74, 6) is 0. The lowest BCUT2D eigenvalue weighted by Gasteiger charge is -2.15. The van der Waals surface area contributed by atoms with Gasteiger partial charge in [-0.25, -0.2) is 0 Å². The van der Waals surface area contributed by atoms with Crippen molar-refractivity contribution in [1.82, 2.24) is 4.41 Å². The number of fused-ring (bicyclic) bond motifs is 1. The van der Waals surface area contributed by atoms with Crippen LogP contribution in [-0.4, -0.2) is 31.0 Å².